The summed E-state index contributed by atoms with van der Waals surface area (Å²) in [6.07, 6.45) is 0.697. The van der Waals surface area contributed by atoms with E-state index < -0.39 is 16.6 Å². The summed E-state index contributed by atoms with van der Waals surface area (Å²) in [5.41, 5.74) is 5.31. The maximum absolute atomic E-state index is 13.0. The summed E-state index contributed by atoms with van der Waals surface area (Å²) < 4.78 is 25.9. The Hall–Kier alpha value is -1.56. The van der Waals surface area contributed by atoms with Crippen LogP contribution in [0, 0.1) is 27.7 Å². The molecule has 0 heterocycles. The lowest BCUT2D eigenvalue weighted by molar-refractivity contribution is -0.385. The molecule has 0 bridgehead atoms. The minimum absolute atomic E-state index is 0.111. The first-order valence-electron chi connectivity index (χ1n) is 4.88. The van der Waals surface area contributed by atoms with Gasteiger partial charge < -0.3 is 5.73 Å². The molecule has 2 N–H and O–H groups in total. The Morgan fingerprint density at radius 1 is 1.44 bits per heavy atom. The van der Waals surface area contributed by atoms with Gasteiger partial charge in [-0.3, -0.25) is 10.1 Å². The van der Waals surface area contributed by atoms with Gasteiger partial charge in [0.25, 0.3) is 5.69 Å². The summed E-state index contributed by atoms with van der Waals surface area (Å²) >= 11 is 0. The van der Waals surface area contributed by atoms with Crippen LogP contribution in [0.4, 0.5) is 14.5 Å². The predicted octanol–water partition coefficient (Wildman–Crippen LogP) is 1.94. The predicted molar refractivity (Wildman–Crippen MR) is 52.9 cm³/mol. The highest BCUT2D eigenvalue weighted by Gasteiger charge is 2.41. The number of nitro groups is 1. The first kappa shape index (κ1) is 10.9. The van der Waals surface area contributed by atoms with Crippen molar-refractivity contribution in [2.45, 2.75) is 12.3 Å². The van der Waals surface area contributed by atoms with Crippen molar-refractivity contribution in [3.05, 3.63) is 39.4 Å². The zero-order valence-electron chi connectivity index (χ0n) is 8.32. The topological polar surface area (TPSA) is 69.2 Å². The molecule has 0 amide bonds. The third kappa shape index (κ3) is 1.76. The highest BCUT2D eigenvalue weighted by Crippen LogP contribution is 2.49. The molecule has 1 aliphatic rings. The molecular formula is C10H10F2N2O2. The van der Waals surface area contributed by atoms with Crippen LogP contribution in [0.25, 0.3) is 0 Å². The van der Waals surface area contributed by atoms with Crippen molar-refractivity contribution in [3.63, 3.8) is 0 Å². The van der Waals surface area contributed by atoms with E-state index in [1.165, 1.54) is 0 Å². The zero-order chi connectivity index (χ0) is 11.9. The number of hydrogen-bond donors (Lipinski definition) is 1. The van der Waals surface area contributed by atoms with Crippen LogP contribution in [0.3, 0.4) is 0 Å². The third-order valence-electron chi connectivity index (χ3n) is 2.89. The Bertz CT molecular complexity index is 451. The number of nitro benzene ring substituents is 1. The molecule has 0 saturated heterocycles. The zero-order valence-corrected chi connectivity index (χ0v) is 8.32. The van der Waals surface area contributed by atoms with Gasteiger partial charge in [-0.2, -0.15) is 0 Å². The number of nitrogens with two attached hydrogens (primary N) is 1. The summed E-state index contributed by atoms with van der Waals surface area (Å²) in [5.74, 6) is -2.22. The number of nitrogens with zero attached hydrogens (tertiary/aromatic N) is 1. The number of rotatable bonds is 3. The van der Waals surface area contributed by atoms with Crippen LogP contribution in [0.2, 0.25) is 0 Å². The standard InChI is InChI=1S/C10H10F2N2O2/c11-8-2-7(6-1-5(6)4-13)10(14(15)16)3-9(8)12/h2-3,5-6H,1,4,13H2/t5-,6+/m0/s1. The van der Waals surface area contributed by atoms with Gasteiger partial charge >= 0.3 is 0 Å². The largest absolute Gasteiger partial charge is 0.330 e. The van der Waals surface area contributed by atoms with Crippen molar-refractivity contribution >= 4 is 5.69 Å². The Kier molecular flexibility index (Phi) is 2.59. The molecule has 1 aromatic carbocycles. The van der Waals surface area contributed by atoms with Gasteiger partial charge in [-0.25, -0.2) is 8.78 Å². The molecule has 2 atom stereocenters. The van der Waals surface area contributed by atoms with Crippen LogP contribution < -0.4 is 5.73 Å². The molecule has 6 heteroatoms. The molecule has 0 aromatic heterocycles. The summed E-state index contributed by atoms with van der Waals surface area (Å²) in [6.45, 7) is 0.404. The van der Waals surface area contributed by atoms with Crippen LogP contribution in [0.1, 0.15) is 17.9 Å². The highest BCUT2D eigenvalue weighted by molar-refractivity contribution is 5.46. The third-order valence-corrected chi connectivity index (χ3v) is 2.89. The summed E-state index contributed by atoms with van der Waals surface area (Å²) in [5, 5.41) is 10.7. The molecule has 1 aromatic rings. The normalized spacial score (nSPS) is 23.2. The monoisotopic (exact) mass is 228 g/mol. The minimum atomic E-state index is -1.19. The SMILES string of the molecule is NC[C@@H]1C[C@H]1c1cc(F)c(F)cc1[N+](=O)[O-]. The van der Waals surface area contributed by atoms with Crippen LogP contribution in [-0.2, 0) is 0 Å². The van der Waals surface area contributed by atoms with E-state index in [1.807, 2.05) is 0 Å². The van der Waals surface area contributed by atoms with E-state index in [1.54, 1.807) is 0 Å². The van der Waals surface area contributed by atoms with Crippen molar-refractivity contribution in [1.29, 1.82) is 0 Å². The van der Waals surface area contributed by atoms with Gasteiger partial charge in [0.05, 0.1) is 11.0 Å². The van der Waals surface area contributed by atoms with E-state index in [-0.39, 0.29) is 23.1 Å². The van der Waals surface area contributed by atoms with Crippen LogP contribution in [0.5, 0.6) is 0 Å². The lowest BCUT2D eigenvalue weighted by Crippen LogP contribution is -2.04. The molecule has 86 valence electrons. The minimum Gasteiger partial charge on any atom is -0.330 e. The second-order valence-electron chi connectivity index (χ2n) is 3.92. The van der Waals surface area contributed by atoms with E-state index in [0.717, 1.165) is 6.07 Å². The maximum Gasteiger partial charge on any atom is 0.276 e. The van der Waals surface area contributed by atoms with Crippen molar-refractivity contribution in [2.75, 3.05) is 6.54 Å². The number of hydrogen-bond acceptors (Lipinski definition) is 3. The van der Waals surface area contributed by atoms with Crippen LogP contribution >= 0.6 is 0 Å². The van der Waals surface area contributed by atoms with Crippen molar-refractivity contribution in [1.82, 2.24) is 0 Å². The molecule has 1 aliphatic carbocycles. The molecule has 0 unspecified atom stereocenters. The summed E-state index contributed by atoms with van der Waals surface area (Å²) in [7, 11) is 0. The summed E-state index contributed by atoms with van der Waals surface area (Å²) in [4.78, 5) is 10.0. The molecular weight excluding hydrogens is 218 g/mol. The quantitative estimate of drug-likeness (QED) is 0.634. The van der Waals surface area contributed by atoms with Gasteiger partial charge in [0.1, 0.15) is 0 Å². The van der Waals surface area contributed by atoms with Gasteiger partial charge in [-0.15, -0.1) is 0 Å². The molecule has 4 nitrogen and oxygen atoms in total. The molecule has 1 fully saturated rings. The molecule has 2 rings (SSSR count). The molecule has 16 heavy (non-hydrogen) atoms. The van der Waals surface area contributed by atoms with E-state index in [2.05, 4.69) is 0 Å². The second-order valence-corrected chi connectivity index (χ2v) is 3.92. The average molecular weight is 228 g/mol. The maximum atomic E-state index is 13.0. The average Bonchev–Trinajstić information content (AvgIpc) is 3.00. The van der Waals surface area contributed by atoms with Crippen molar-refractivity contribution in [2.24, 2.45) is 11.7 Å². The van der Waals surface area contributed by atoms with Gasteiger partial charge in [-0.05, 0) is 30.9 Å². The smallest absolute Gasteiger partial charge is 0.276 e. The van der Waals surface area contributed by atoms with E-state index >= 15 is 0 Å². The first-order chi connectivity index (χ1) is 7.54. The molecule has 0 aliphatic heterocycles. The molecule has 0 radical (unpaired) electrons. The van der Waals surface area contributed by atoms with E-state index in [9.17, 15) is 18.9 Å². The van der Waals surface area contributed by atoms with Gasteiger partial charge in [-0.1, -0.05) is 0 Å². The molecule has 1 saturated carbocycles. The number of benzene rings is 1. The second kappa shape index (κ2) is 3.79. The van der Waals surface area contributed by atoms with Gasteiger partial charge in [0, 0.05) is 5.56 Å². The Morgan fingerprint density at radius 3 is 2.56 bits per heavy atom. The van der Waals surface area contributed by atoms with Crippen molar-refractivity contribution in [3.8, 4) is 0 Å². The fourth-order valence-corrected chi connectivity index (χ4v) is 1.90. The Balaban J connectivity index is 2.43. The fraction of sp³-hybridized carbons (Fsp3) is 0.400. The summed E-state index contributed by atoms with van der Waals surface area (Å²) in [6, 6.07) is 1.55. The van der Waals surface area contributed by atoms with Crippen LogP contribution in [0.15, 0.2) is 12.1 Å². The van der Waals surface area contributed by atoms with Crippen molar-refractivity contribution < 1.29 is 13.7 Å². The van der Waals surface area contributed by atoms with Crippen LogP contribution in [-0.4, -0.2) is 11.5 Å². The highest BCUT2D eigenvalue weighted by atomic mass is 19.2. The first-order valence-corrected chi connectivity index (χ1v) is 4.88. The van der Waals surface area contributed by atoms with Gasteiger partial charge in [0.2, 0.25) is 0 Å². The van der Waals surface area contributed by atoms with E-state index in [0.29, 0.717) is 19.0 Å². The Labute approximate surface area is 90.2 Å². The lowest BCUT2D eigenvalue weighted by atomic mass is 10.1. The number of halogens is 2. The van der Waals surface area contributed by atoms with Gasteiger partial charge in [0.15, 0.2) is 11.6 Å². The Morgan fingerprint density at radius 2 is 2.06 bits per heavy atom. The lowest BCUT2D eigenvalue weighted by Gasteiger charge is -2.02. The molecule has 0 spiro atoms. The van der Waals surface area contributed by atoms with E-state index in [4.69, 9.17) is 5.73 Å². The fourth-order valence-electron chi connectivity index (χ4n) is 1.90.